The zero-order valence-corrected chi connectivity index (χ0v) is 43.5. The molecule has 0 bridgehead atoms. The molecule has 0 saturated heterocycles. The van der Waals surface area contributed by atoms with Crippen LogP contribution in [-0.4, -0.2) is 71.9 Å². The van der Waals surface area contributed by atoms with E-state index in [0.717, 1.165) is 40.9 Å². The molecular weight excluding hydrogens is 947 g/mol. The van der Waals surface area contributed by atoms with E-state index in [1.54, 1.807) is 33.1 Å². The summed E-state index contributed by atoms with van der Waals surface area (Å²) >= 11 is 5.46. The van der Waals surface area contributed by atoms with Gasteiger partial charge < -0.3 is 29.7 Å². The molecule has 5 atom stereocenters. The average molecular weight is 1010 g/mol. The minimum absolute atomic E-state index is 0.0576. The first-order valence-corrected chi connectivity index (χ1v) is 27.1. The van der Waals surface area contributed by atoms with Crippen LogP contribution < -0.4 is 34.6 Å². The summed E-state index contributed by atoms with van der Waals surface area (Å²) in [6.45, 7) is 9.47. The van der Waals surface area contributed by atoms with Crippen molar-refractivity contribution in [2.45, 2.75) is 116 Å². The number of hydrogen-bond acceptors (Lipinski definition) is 10. The van der Waals surface area contributed by atoms with E-state index in [1.165, 1.54) is 5.56 Å². The fourth-order valence-electron chi connectivity index (χ4n) is 10.0. The second kappa shape index (κ2) is 20.8. The zero-order valence-electron chi connectivity index (χ0n) is 41.8. The van der Waals surface area contributed by atoms with Gasteiger partial charge in [0.05, 0.1) is 30.4 Å². The highest BCUT2D eigenvalue weighted by atomic mass is 32.8. The molecule has 374 valence electrons. The van der Waals surface area contributed by atoms with Gasteiger partial charge in [-0.05, 0) is 128 Å². The number of benzene rings is 5. The van der Waals surface area contributed by atoms with Gasteiger partial charge in [-0.25, -0.2) is 0 Å². The lowest BCUT2D eigenvalue weighted by Crippen LogP contribution is -2.40. The number of methoxy groups -OCH3 is 1. The monoisotopic (exact) mass is 1010 g/mol. The lowest BCUT2D eigenvalue weighted by molar-refractivity contribution is -0.129. The number of Topliss-reactive ketones (excluding diaryl/α,β-unsaturated/α-hetero) is 1. The van der Waals surface area contributed by atoms with Crippen molar-refractivity contribution in [2.75, 3.05) is 28.5 Å². The third-order valence-corrected chi connectivity index (χ3v) is 17.6. The quantitative estimate of drug-likeness (QED) is 0.0928. The van der Waals surface area contributed by atoms with E-state index in [4.69, 9.17) is 30.4 Å². The molecule has 4 aliphatic rings. The lowest BCUT2D eigenvalue weighted by Gasteiger charge is -2.24. The molecule has 0 radical (unpaired) electrons. The molecule has 15 heteroatoms. The van der Waals surface area contributed by atoms with E-state index < -0.39 is 12.0 Å². The van der Waals surface area contributed by atoms with Crippen molar-refractivity contribution in [3.8, 4) is 17.2 Å². The van der Waals surface area contributed by atoms with Crippen LogP contribution in [0.4, 0.5) is 22.7 Å². The van der Waals surface area contributed by atoms with Gasteiger partial charge in [-0.2, -0.15) is 0 Å². The summed E-state index contributed by atoms with van der Waals surface area (Å²) in [5.41, 5.74) is 9.27. The minimum atomic E-state index is -0.769. The van der Waals surface area contributed by atoms with Crippen LogP contribution in [0, 0.1) is 12.8 Å². The number of fused-ring (bicyclic) bond motifs is 8. The third-order valence-electron chi connectivity index (χ3n) is 14.5. The molecule has 2 N–H and O–H groups in total. The molecule has 0 fully saturated rings. The predicted molar refractivity (Wildman–Crippen MR) is 286 cm³/mol. The maximum Gasteiger partial charge on any atom is 0.261 e. The molecule has 0 spiro atoms. The van der Waals surface area contributed by atoms with E-state index in [9.17, 15) is 24.0 Å². The highest BCUT2D eigenvalue weighted by molar-refractivity contribution is 8.29. The number of anilines is 3. The number of aryl methyl sites for hydroxylation is 2. The van der Waals surface area contributed by atoms with Gasteiger partial charge in [-0.1, -0.05) is 68.4 Å². The van der Waals surface area contributed by atoms with Crippen LogP contribution in [0.3, 0.4) is 0 Å². The van der Waals surface area contributed by atoms with Crippen molar-refractivity contribution in [3.05, 3.63) is 136 Å². The van der Waals surface area contributed by atoms with Crippen LogP contribution in [0.2, 0.25) is 0 Å². The average Bonchev–Trinajstić information content (AvgIpc) is 3.85. The Morgan fingerprint density at radius 1 is 0.819 bits per heavy atom. The summed E-state index contributed by atoms with van der Waals surface area (Å²) in [5.74, 6) is -0.300. The normalized spacial score (nSPS) is 17.7. The summed E-state index contributed by atoms with van der Waals surface area (Å²) in [6, 6.07) is 28.0. The Morgan fingerprint density at radius 2 is 1.47 bits per heavy atom. The zero-order chi connectivity index (χ0) is 51.0. The Kier molecular flexibility index (Phi) is 14.5. The first-order chi connectivity index (χ1) is 34.5. The van der Waals surface area contributed by atoms with Gasteiger partial charge >= 0.3 is 0 Å². The van der Waals surface area contributed by atoms with E-state index >= 15 is 0 Å². The highest BCUT2D eigenvalue weighted by Gasteiger charge is 2.39. The van der Waals surface area contributed by atoms with Crippen molar-refractivity contribution >= 4 is 79.0 Å². The number of ketones is 1. The van der Waals surface area contributed by atoms with Crippen molar-refractivity contribution in [1.82, 2.24) is 5.32 Å². The van der Waals surface area contributed by atoms with Gasteiger partial charge in [-0.15, -0.1) is 9.45 Å². The van der Waals surface area contributed by atoms with E-state index in [-0.39, 0.29) is 81.8 Å². The summed E-state index contributed by atoms with van der Waals surface area (Å²) in [4.78, 5) is 76.6. The van der Waals surface area contributed by atoms with Gasteiger partial charge in [0.1, 0.15) is 19.0 Å². The lowest BCUT2D eigenvalue weighted by atomic mass is 9.99. The number of nitrogens with one attached hydrogen (secondary N) is 2. The number of amides is 4. The summed E-state index contributed by atoms with van der Waals surface area (Å²) in [5, 5.41) is 5.82. The van der Waals surface area contributed by atoms with Gasteiger partial charge in [0, 0.05) is 70.9 Å². The van der Waals surface area contributed by atoms with Gasteiger partial charge in [0.15, 0.2) is 17.3 Å². The molecule has 0 aliphatic carbocycles. The van der Waals surface area contributed by atoms with E-state index in [1.807, 2.05) is 116 Å². The van der Waals surface area contributed by atoms with Crippen molar-refractivity contribution in [2.24, 2.45) is 10.9 Å². The second-order valence-corrected chi connectivity index (χ2v) is 23.5. The van der Waals surface area contributed by atoms with Gasteiger partial charge in [0.25, 0.3) is 11.8 Å². The summed E-state index contributed by atoms with van der Waals surface area (Å²) < 4.78 is 18.6. The molecule has 0 saturated carbocycles. The Labute approximate surface area is 428 Å². The van der Waals surface area contributed by atoms with E-state index in [0.29, 0.717) is 70.1 Å². The standard InChI is InChI=1S/C57H61N5O8S2/c1-33-20-45-46(58-30-43-26-40-13-9-11-15-48(40)62(43)56(45)67)29-50(33)69-31-36-22-37(24-41(23-36)60-54(65)34(2)21-49(63)35(3)59-53(64)18-19-57(4,5)72(7)71)32-70-52-27-38-16-17-42-25-39-12-8-10-14-47(39)61(42)55(66)44(38)28-51(52)68-6/h8-15,20,22-24,27-30,34-35,42-43H,16-19,21,25-26,31-32H2,1-7H3,(H,59,64)(H,60,65)/t34-,35+,42-,43+,72?/m1/s1. The van der Waals surface area contributed by atoms with Crippen LogP contribution in [0.25, 0.3) is 0 Å². The molecule has 72 heavy (non-hydrogen) atoms. The molecule has 4 aliphatic heterocycles. The smallest absolute Gasteiger partial charge is 0.261 e. The maximum atomic E-state index is 14.1. The number of carbonyl (C=O) groups excluding carboxylic acids is 5. The summed E-state index contributed by atoms with van der Waals surface area (Å²) in [7, 11) is 1.26. The third kappa shape index (κ3) is 10.5. The Balaban J connectivity index is 0.932. The molecule has 4 heterocycles. The van der Waals surface area contributed by atoms with Crippen LogP contribution in [0.15, 0.2) is 96.0 Å². The van der Waals surface area contributed by atoms with Crippen LogP contribution in [-0.2, 0) is 67.5 Å². The predicted octanol–water partition coefficient (Wildman–Crippen LogP) is 9.27. The first-order valence-electron chi connectivity index (χ1n) is 24.6. The molecule has 1 unspecified atom stereocenters. The molecule has 5 aromatic carbocycles. The fraction of sp³-hybridized carbons (Fsp3) is 0.368. The largest absolute Gasteiger partial charge is 0.493 e. The molecule has 13 nitrogen and oxygen atoms in total. The number of carbonyl (C=O) groups is 5. The van der Waals surface area contributed by atoms with Gasteiger partial charge in [0.2, 0.25) is 11.8 Å². The second-order valence-electron chi connectivity index (χ2n) is 20.0. The Bertz CT molecular complexity index is 3060. The van der Waals surface area contributed by atoms with Gasteiger partial charge in [-0.3, -0.25) is 33.9 Å². The molecule has 5 aromatic rings. The molecule has 9 rings (SSSR count). The van der Waals surface area contributed by atoms with Crippen molar-refractivity contribution < 1.29 is 38.2 Å². The number of aliphatic imine (C=N–C) groups is 1. The number of para-hydroxylation sites is 2. The number of rotatable bonds is 17. The van der Waals surface area contributed by atoms with Crippen molar-refractivity contribution in [3.63, 3.8) is 0 Å². The minimum Gasteiger partial charge on any atom is -0.493 e. The Hall–Kier alpha value is -6.71. The number of hydrogen-bond donors (Lipinski definition) is 2. The molecular formula is C57H61N5O8S2. The highest BCUT2D eigenvalue weighted by Crippen LogP contribution is 2.42. The topological polar surface area (TPSA) is 156 Å². The van der Waals surface area contributed by atoms with Crippen LogP contribution in [0.5, 0.6) is 17.2 Å². The number of ether oxygens (including phenoxy) is 3. The SMILES string of the molecule is COc1cc2c(cc1OCc1cc(COc3cc4c(cc3C)C(=O)N3c5ccccc5C[C@H]3C=N4)cc(NC(=O)[C@H](C)CC(=O)[C@H](C)NC(=O)CCC(C)(C)S(C)=S)c1)CC[C@@H]1Cc3ccccc3N1C2=O. The fourth-order valence-corrected chi connectivity index (χ4v) is 10.7. The first kappa shape index (κ1) is 50.2. The van der Waals surface area contributed by atoms with Crippen LogP contribution in [0.1, 0.15) is 107 Å². The summed E-state index contributed by atoms with van der Waals surface area (Å²) in [6.07, 6.45) is 7.57. The molecule has 4 amide bonds. The van der Waals surface area contributed by atoms with Crippen molar-refractivity contribution in [1.29, 1.82) is 0 Å². The molecule has 0 aromatic heterocycles. The maximum absolute atomic E-state index is 14.1. The van der Waals surface area contributed by atoms with E-state index in [2.05, 4.69) is 16.7 Å². The Morgan fingerprint density at radius 3 is 2.17 bits per heavy atom. The van der Waals surface area contributed by atoms with Crippen LogP contribution >= 0.6 is 0 Å². The number of nitrogens with zero attached hydrogens (tertiary/aromatic N) is 3.